The van der Waals surface area contributed by atoms with Crippen molar-refractivity contribution in [3.05, 3.63) is 35.9 Å². The summed E-state index contributed by atoms with van der Waals surface area (Å²) in [6.45, 7) is 0.611. The van der Waals surface area contributed by atoms with Gasteiger partial charge in [-0.15, -0.1) is 6.42 Å². The molecule has 0 bridgehead atoms. The predicted molar refractivity (Wildman–Crippen MR) is 71.8 cm³/mol. The SMILES string of the molecule is C#CC1(C#N)CCCC2OCC(c3ccccc3)N21. The second-order valence-corrected chi connectivity index (χ2v) is 5.13. The zero-order valence-corrected chi connectivity index (χ0v) is 10.7. The number of rotatable bonds is 1. The van der Waals surface area contributed by atoms with Crippen LogP contribution in [0.25, 0.3) is 0 Å². The number of piperidine rings is 1. The molecule has 2 heterocycles. The van der Waals surface area contributed by atoms with Gasteiger partial charge in [-0.1, -0.05) is 36.3 Å². The average Bonchev–Trinajstić information content (AvgIpc) is 2.92. The Morgan fingerprint density at radius 2 is 2.16 bits per heavy atom. The molecule has 19 heavy (non-hydrogen) atoms. The average molecular weight is 252 g/mol. The van der Waals surface area contributed by atoms with E-state index in [2.05, 4.69) is 29.0 Å². The van der Waals surface area contributed by atoms with Gasteiger partial charge in [-0.25, -0.2) is 4.90 Å². The Kier molecular flexibility index (Phi) is 3.03. The molecule has 0 N–H and O–H groups in total. The molecule has 0 aromatic heterocycles. The molecule has 2 saturated heterocycles. The molecule has 3 atom stereocenters. The molecule has 0 saturated carbocycles. The van der Waals surface area contributed by atoms with Gasteiger partial charge in [-0.2, -0.15) is 5.26 Å². The van der Waals surface area contributed by atoms with Gasteiger partial charge in [0.05, 0.1) is 18.7 Å². The number of terminal acetylenes is 1. The molecule has 2 aliphatic heterocycles. The molecule has 3 unspecified atom stereocenters. The van der Waals surface area contributed by atoms with Crippen LogP contribution < -0.4 is 0 Å². The third kappa shape index (κ3) is 1.83. The Morgan fingerprint density at radius 1 is 1.37 bits per heavy atom. The fourth-order valence-corrected chi connectivity index (χ4v) is 3.18. The molecule has 3 heteroatoms. The molecule has 3 nitrogen and oxygen atoms in total. The summed E-state index contributed by atoms with van der Waals surface area (Å²) in [5.41, 5.74) is 0.349. The predicted octanol–water partition coefficient (Wildman–Crippen LogP) is 2.47. The number of ether oxygens (including phenoxy) is 1. The zero-order chi connectivity index (χ0) is 13.3. The summed E-state index contributed by atoms with van der Waals surface area (Å²) >= 11 is 0. The minimum absolute atomic E-state index is 0.0188. The second-order valence-electron chi connectivity index (χ2n) is 5.13. The van der Waals surface area contributed by atoms with Gasteiger partial charge in [0.25, 0.3) is 0 Å². The van der Waals surface area contributed by atoms with Crippen LogP contribution in [0.3, 0.4) is 0 Å². The van der Waals surface area contributed by atoms with Crippen LogP contribution in [0.4, 0.5) is 0 Å². The molecule has 0 aliphatic carbocycles. The summed E-state index contributed by atoms with van der Waals surface area (Å²) < 4.78 is 5.86. The van der Waals surface area contributed by atoms with Gasteiger partial charge in [0, 0.05) is 0 Å². The van der Waals surface area contributed by atoms with Crippen molar-refractivity contribution in [3.8, 4) is 18.4 Å². The Labute approximate surface area is 113 Å². The highest BCUT2D eigenvalue weighted by Gasteiger charge is 2.50. The van der Waals surface area contributed by atoms with Crippen molar-refractivity contribution < 1.29 is 4.74 Å². The number of nitrogens with zero attached hydrogens (tertiary/aromatic N) is 2. The first-order chi connectivity index (χ1) is 9.30. The minimum Gasteiger partial charge on any atom is -0.361 e. The van der Waals surface area contributed by atoms with Crippen LogP contribution >= 0.6 is 0 Å². The first kappa shape index (κ1) is 12.2. The monoisotopic (exact) mass is 252 g/mol. The third-order valence-corrected chi connectivity index (χ3v) is 4.13. The van der Waals surface area contributed by atoms with E-state index in [1.54, 1.807) is 0 Å². The lowest BCUT2D eigenvalue weighted by atomic mass is 9.86. The van der Waals surface area contributed by atoms with Crippen molar-refractivity contribution in [2.75, 3.05) is 6.61 Å². The minimum atomic E-state index is -0.820. The number of nitriles is 1. The highest BCUT2D eigenvalue weighted by Crippen LogP contribution is 2.43. The summed E-state index contributed by atoms with van der Waals surface area (Å²) in [5, 5.41) is 9.56. The highest BCUT2D eigenvalue weighted by atomic mass is 16.5. The molecule has 0 spiro atoms. The van der Waals surface area contributed by atoms with Gasteiger partial charge in [0.2, 0.25) is 0 Å². The normalized spacial score (nSPS) is 34.2. The molecule has 2 fully saturated rings. The standard InChI is InChI=1S/C16H16N2O/c1-2-16(12-17)10-6-9-15-18(16)14(11-19-15)13-7-4-3-5-8-13/h1,3-5,7-8,14-15H,6,9-11H2. The van der Waals surface area contributed by atoms with Crippen LogP contribution in [0.2, 0.25) is 0 Å². The fraction of sp³-hybridized carbons (Fsp3) is 0.438. The molecule has 1 aromatic rings. The zero-order valence-electron chi connectivity index (χ0n) is 10.7. The fourth-order valence-electron chi connectivity index (χ4n) is 3.18. The molecular weight excluding hydrogens is 236 g/mol. The lowest BCUT2D eigenvalue weighted by Crippen LogP contribution is -2.53. The van der Waals surface area contributed by atoms with E-state index in [-0.39, 0.29) is 12.3 Å². The van der Waals surface area contributed by atoms with Gasteiger partial charge < -0.3 is 4.74 Å². The first-order valence-corrected chi connectivity index (χ1v) is 6.65. The Balaban J connectivity index is 2.01. The van der Waals surface area contributed by atoms with E-state index in [9.17, 15) is 5.26 Å². The first-order valence-electron chi connectivity index (χ1n) is 6.65. The van der Waals surface area contributed by atoms with Crippen LogP contribution in [0.5, 0.6) is 0 Å². The number of benzene rings is 1. The van der Waals surface area contributed by atoms with E-state index >= 15 is 0 Å². The van der Waals surface area contributed by atoms with Crippen LogP contribution in [-0.2, 0) is 4.74 Å². The number of fused-ring (bicyclic) bond motifs is 1. The van der Waals surface area contributed by atoms with Crippen molar-refractivity contribution >= 4 is 0 Å². The highest BCUT2D eigenvalue weighted by molar-refractivity contribution is 5.31. The smallest absolute Gasteiger partial charge is 0.172 e. The lowest BCUT2D eigenvalue weighted by Gasteiger charge is -2.42. The maximum absolute atomic E-state index is 9.56. The van der Waals surface area contributed by atoms with E-state index in [1.165, 1.54) is 5.56 Å². The van der Waals surface area contributed by atoms with E-state index < -0.39 is 5.54 Å². The molecule has 0 radical (unpaired) electrons. The Morgan fingerprint density at radius 3 is 2.84 bits per heavy atom. The molecule has 96 valence electrons. The van der Waals surface area contributed by atoms with Crippen LogP contribution in [0.15, 0.2) is 30.3 Å². The second kappa shape index (κ2) is 4.70. The summed E-state index contributed by atoms with van der Waals surface area (Å²) in [7, 11) is 0. The summed E-state index contributed by atoms with van der Waals surface area (Å²) in [6, 6.07) is 12.6. The van der Waals surface area contributed by atoms with Crippen LogP contribution in [0.1, 0.15) is 30.9 Å². The molecule has 1 aromatic carbocycles. The van der Waals surface area contributed by atoms with Gasteiger partial charge in [0.15, 0.2) is 5.54 Å². The van der Waals surface area contributed by atoms with Gasteiger partial charge >= 0.3 is 0 Å². The Hall–Kier alpha value is -1.81. The van der Waals surface area contributed by atoms with Crippen molar-refractivity contribution in [2.24, 2.45) is 0 Å². The van der Waals surface area contributed by atoms with Crippen molar-refractivity contribution in [2.45, 2.75) is 37.1 Å². The maximum atomic E-state index is 9.56. The third-order valence-electron chi connectivity index (χ3n) is 4.13. The van der Waals surface area contributed by atoms with Crippen molar-refractivity contribution in [3.63, 3.8) is 0 Å². The molecular formula is C16H16N2O. The summed E-state index contributed by atoms with van der Waals surface area (Å²) in [6.07, 6.45) is 8.28. The molecule has 0 amide bonds. The quantitative estimate of drug-likeness (QED) is 0.720. The van der Waals surface area contributed by atoms with E-state index in [1.807, 2.05) is 18.2 Å². The molecule has 2 aliphatic rings. The van der Waals surface area contributed by atoms with Gasteiger partial charge in [0.1, 0.15) is 6.23 Å². The van der Waals surface area contributed by atoms with Gasteiger partial charge in [-0.05, 0) is 24.8 Å². The van der Waals surface area contributed by atoms with Crippen LogP contribution in [0, 0.1) is 23.7 Å². The van der Waals surface area contributed by atoms with Gasteiger partial charge in [-0.3, -0.25) is 0 Å². The van der Waals surface area contributed by atoms with Crippen LogP contribution in [-0.4, -0.2) is 23.3 Å². The van der Waals surface area contributed by atoms with Crippen molar-refractivity contribution in [1.82, 2.24) is 4.90 Å². The van der Waals surface area contributed by atoms with E-state index in [0.717, 1.165) is 19.3 Å². The summed E-state index contributed by atoms with van der Waals surface area (Å²) in [4.78, 5) is 2.10. The Bertz CT molecular complexity index is 526. The number of hydrogen-bond acceptors (Lipinski definition) is 3. The number of hydrogen-bond donors (Lipinski definition) is 0. The largest absolute Gasteiger partial charge is 0.361 e. The van der Waals surface area contributed by atoms with E-state index in [4.69, 9.17) is 11.2 Å². The lowest BCUT2D eigenvalue weighted by molar-refractivity contribution is -0.0322. The van der Waals surface area contributed by atoms with Crippen molar-refractivity contribution in [1.29, 1.82) is 5.26 Å². The summed E-state index contributed by atoms with van der Waals surface area (Å²) in [5.74, 6) is 2.72. The topological polar surface area (TPSA) is 36.3 Å². The van der Waals surface area contributed by atoms with E-state index in [0.29, 0.717) is 6.61 Å². The molecule has 3 rings (SSSR count). The maximum Gasteiger partial charge on any atom is 0.172 e.